The lowest BCUT2D eigenvalue weighted by Gasteiger charge is -2.04. The number of aliphatic carboxylic acids is 1. The number of carbonyl (C=O) groups is 3. The number of ketones is 1. The van der Waals surface area contributed by atoms with Crippen molar-refractivity contribution in [1.29, 1.82) is 0 Å². The van der Waals surface area contributed by atoms with E-state index in [4.69, 9.17) is 5.11 Å². The van der Waals surface area contributed by atoms with E-state index in [1.165, 1.54) is 6.92 Å². The molecule has 0 aliphatic heterocycles. The minimum absolute atomic E-state index is 0.0579. The minimum Gasteiger partial charge on any atom is -0.480 e. The number of carboxylic acid groups (broad SMARTS) is 1. The van der Waals surface area contributed by atoms with Crippen LogP contribution in [0.1, 0.15) is 18.1 Å². The molecular formula is C13H15NO4. The van der Waals surface area contributed by atoms with E-state index in [-0.39, 0.29) is 24.7 Å². The van der Waals surface area contributed by atoms with Gasteiger partial charge < -0.3 is 10.4 Å². The number of hydrogen-bond acceptors (Lipinski definition) is 3. The zero-order valence-electron chi connectivity index (χ0n) is 10.1. The van der Waals surface area contributed by atoms with Crippen molar-refractivity contribution in [2.75, 3.05) is 6.54 Å². The van der Waals surface area contributed by atoms with Crippen LogP contribution in [0.5, 0.6) is 0 Å². The summed E-state index contributed by atoms with van der Waals surface area (Å²) in [5.41, 5.74) is 1.61. The van der Waals surface area contributed by atoms with Crippen LogP contribution in [0.2, 0.25) is 0 Å². The van der Waals surface area contributed by atoms with E-state index >= 15 is 0 Å². The normalized spacial score (nSPS) is 9.83. The van der Waals surface area contributed by atoms with Gasteiger partial charge in [-0.05, 0) is 18.1 Å². The molecule has 0 aromatic heterocycles. The molecule has 0 aliphatic carbocycles. The van der Waals surface area contributed by atoms with E-state index in [0.717, 1.165) is 11.1 Å². The van der Waals surface area contributed by atoms with Crippen molar-refractivity contribution in [3.8, 4) is 0 Å². The summed E-state index contributed by atoms with van der Waals surface area (Å²) in [5.74, 6) is -1.37. The maximum absolute atomic E-state index is 11.4. The second-order valence-corrected chi connectivity index (χ2v) is 4.05. The monoisotopic (exact) mass is 249 g/mol. The van der Waals surface area contributed by atoms with Crippen LogP contribution < -0.4 is 5.32 Å². The predicted molar refractivity (Wildman–Crippen MR) is 65.2 cm³/mol. The van der Waals surface area contributed by atoms with Crippen LogP contribution in [0.25, 0.3) is 0 Å². The molecule has 0 unspecified atom stereocenters. The number of amides is 1. The van der Waals surface area contributed by atoms with E-state index in [1.807, 2.05) is 6.07 Å². The second-order valence-electron chi connectivity index (χ2n) is 4.05. The van der Waals surface area contributed by atoms with Gasteiger partial charge in [-0.1, -0.05) is 24.3 Å². The van der Waals surface area contributed by atoms with E-state index in [9.17, 15) is 14.4 Å². The van der Waals surface area contributed by atoms with Gasteiger partial charge in [0, 0.05) is 6.42 Å². The summed E-state index contributed by atoms with van der Waals surface area (Å²) in [6, 6.07) is 7.14. The Bertz CT molecular complexity index is 468. The predicted octanol–water partition coefficient (Wildman–Crippen LogP) is 0.561. The van der Waals surface area contributed by atoms with Crippen LogP contribution in [-0.2, 0) is 27.2 Å². The molecular weight excluding hydrogens is 234 g/mol. The average molecular weight is 249 g/mol. The third-order valence-electron chi connectivity index (χ3n) is 2.25. The first kappa shape index (κ1) is 13.9. The first-order valence-corrected chi connectivity index (χ1v) is 5.53. The first-order chi connectivity index (χ1) is 8.47. The molecule has 0 radical (unpaired) electrons. The molecule has 0 bridgehead atoms. The van der Waals surface area contributed by atoms with Crippen LogP contribution in [0, 0.1) is 0 Å². The van der Waals surface area contributed by atoms with Gasteiger partial charge in [0.05, 0.1) is 6.42 Å². The molecule has 5 nitrogen and oxygen atoms in total. The molecule has 0 atom stereocenters. The lowest BCUT2D eigenvalue weighted by Crippen LogP contribution is -2.30. The van der Waals surface area contributed by atoms with Crippen LogP contribution in [0.3, 0.4) is 0 Å². The van der Waals surface area contributed by atoms with E-state index in [0.29, 0.717) is 6.42 Å². The highest BCUT2D eigenvalue weighted by Gasteiger charge is 2.06. The maximum Gasteiger partial charge on any atom is 0.322 e. The Hall–Kier alpha value is -2.17. The lowest BCUT2D eigenvalue weighted by atomic mass is 10.0. The van der Waals surface area contributed by atoms with Gasteiger partial charge in [0.25, 0.3) is 0 Å². The topological polar surface area (TPSA) is 83.5 Å². The molecule has 0 aliphatic rings. The summed E-state index contributed by atoms with van der Waals surface area (Å²) in [7, 11) is 0. The molecule has 1 aromatic carbocycles. The highest BCUT2D eigenvalue weighted by Crippen LogP contribution is 2.07. The third-order valence-corrected chi connectivity index (χ3v) is 2.25. The largest absolute Gasteiger partial charge is 0.480 e. The Labute approximate surface area is 105 Å². The minimum atomic E-state index is -1.08. The Morgan fingerprint density at radius 1 is 1.17 bits per heavy atom. The number of rotatable bonds is 6. The molecule has 5 heteroatoms. The molecule has 96 valence electrons. The molecule has 0 heterocycles. The van der Waals surface area contributed by atoms with Gasteiger partial charge in [-0.2, -0.15) is 0 Å². The molecule has 0 spiro atoms. The van der Waals surface area contributed by atoms with Crippen LogP contribution in [0.4, 0.5) is 0 Å². The smallest absolute Gasteiger partial charge is 0.322 e. The molecule has 0 saturated heterocycles. The number of Topliss-reactive ketones (excluding diaryl/α,β-unsaturated/α-hetero) is 1. The van der Waals surface area contributed by atoms with Crippen LogP contribution in [0.15, 0.2) is 24.3 Å². The number of nitrogens with one attached hydrogen (secondary N) is 1. The lowest BCUT2D eigenvalue weighted by molar-refractivity contribution is -0.137. The molecule has 2 N–H and O–H groups in total. The summed E-state index contributed by atoms with van der Waals surface area (Å²) in [4.78, 5) is 32.7. The van der Waals surface area contributed by atoms with E-state index in [1.54, 1.807) is 18.2 Å². The second kappa shape index (κ2) is 6.54. The molecule has 1 amide bonds. The summed E-state index contributed by atoms with van der Waals surface area (Å²) < 4.78 is 0. The molecule has 1 rings (SSSR count). The van der Waals surface area contributed by atoms with Gasteiger partial charge in [0.1, 0.15) is 12.3 Å². The van der Waals surface area contributed by atoms with E-state index in [2.05, 4.69) is 5.32 Å². The fourth-order valence-corrected chi connectivity index (χ4v) is 1.56. The Balaban J connectivity index is 2.58. The fourth-order valence-electron chi connectivity index (χ4n) is 1.56. The van der Waals surface area contributed by atoms with Crippen molar-refractivity contribution >= 4 is 17.7 Å². The van der Waals surface area contributed by atoms with Gasteiger partial charge in [-0.3, -0.25) is 14.4 Å². The SMILES string of the molecule is CC(=O)Cc1cccc(CC(=O)NCC(=O)O)c1. The highest BCUT2D eigenvalue weighted by molar-refractivity contribution is 5.83. The van der Waals surface area contributed by atoms with Crippen LogP contribution >= 0.6 is 0 Å². The quantitative estimate of drug-likeness (QED) is 0.771. The third kappa shape index (κ3) is 5.25. The Morgan fingerprint density at radius 3 is 2.33 bits per heavy atom. The number of carbonyl (C=O) groups excluding carboxylic acids is 2. The number of carboxylic acids is 1. The Kier molecular flexibility index (Phi) is 5.05. The summed E-state index contributed by atoms with van der Waals surface area (Å²) in [6.07, 6.45) is 0.448. The van der Waals surface area contributed by atoms with Gasteiger partial charge in [0.15, 0.2) is 0 Å². The average Bonchev–Trinajstić information content (AvgIpc) is 2.26. The molecule has 1 aromatic rings. The first-order valence-electron chi connectivity index (χ1n) is 5.53. The summed E-state index contributed by atoms with van der Waals surface area (Å²) >= 11 is 0. The number of benzene rings is 1. The van der Waals surface area contributed by atoms with Gasteiger partial charge >= 0.3 is 5.97 Å². The zero-order valence-corrected chi connectivity index (χ0v) is 10.1. The van der Waals surface area contributed by atoms with Crippen molar-refractivity contribution in [2.24, 2.45) is 0 Å². The molecule has 0 saturated carbocycles. The summed E-state index contributed by atoms with van der Waals surface area (Å²) in [6.45, 7) is 1.12. The van der Waals surface area contributed by atoms with Gasteiger partial charge in [-0.25, -0.2) is 0 Å². The van der Waals surface area contributed by atoms with Crippen LogP contribution in [-0.4, -0.2) is 29.3 Å². The summed E-state index contributed by atoms with van der Waals surface area (Å²) in [5, 5.41) is 10.7. The van der Waals surface area contributed by atoms with Crippen molar-refractivity contribution in [1.82, 2.24) is 5.32 Å². The maximum atomic E-state index is 11.4. The molecule has 0 fully saturated rings. The van der Waals surface area contributed by atoms with Crippen molar-refractivity contribution < 1.29 is 19.5 Å². The standard InChI is InChI=1S/C13H15NO4/c1-9(15)5-10-3-2-4-11(6-10)7-12(16)14-8-13(17)18/h2-4,6H,5,7-8H2,1H3,(H,14,16)(H,17,18). The van der Waals surface area contributed by atoms with Crippen molar-refractivity contribution in [2.45, 2.75) is 19.8 Å². The van der Waals surface area contributed by atoms with Crippen molar-refractivity contribution in [3.05, 3.63) is 35.4 Å². The highest BCUT2D eigenvalue weighted by atomic mass is 16.4. The Morgan fingerprint density at radius 2 is 1.78 bits per heavy atom. The number of hydrogen-bond donors (Lipinski definition) is 2. The van der Waals surface area contributed by atoms with Crippen molar-refractivity contribution in [3.63, 3.8) is 0 Å². The zero-order chi connectivity index (χ0) is 13.5. The fraction of sp³-hybridized carbons (Fsp3) is 0.308. The van der Waals surface area contributed by atoms with E-state index < -0.39 is 5.97 Å². The van der Waals surface area contributed by atoms with Gasteiger partial charge in [0.2, 0.25) is 5.91 Å². The molecule has 18 heavy (non-hydrogen) atoms. The van der Waals surface area contributed by atoms with Gasteiger partial charge in [-0.15, -0.1) is 0 Å².